The monoisotopic (exact) mass is 904 g/mol. The number of anilines is 1. The summed E-state index contributed by atoms with van der Waals surface area (Å²) in [6.07, 6.45) is 2.39. The van der Waals surface area contributed by atoms with E-state index >= 15 is 0 Å². The number of carboxylic acid groups (broad SMARTS) is 4. The third kappa shape index (κ3) is 41.7. The number of carbonyl (C=O) groups excluding carboxylic acids is 8. The highest BCUT2D eigenvalue weighted by Gasteiger charge is 2.21. The van der Waals surface area contributed by atoms with Crippen molar-refractivity contribution in [2.24, 2.45) is 0 Å². The molecule has 1 aromatic carbocycles. The molecular formula is C37H56N6O20. The van der Waals surface area contributed by atoms with Crippen molar-refractivity contribution in [3.63, 3.8) is 0 Å². The molecule has 12 N–H and O–H groups in total. The van der Waals surface area contributed by atoms with Crippen molar-refractivity contribution in [1.29, 1.82) is 0 Å². The van der Waals surface area contributed by atoms with E-state index in [0.717, 1.165) is 18.4 Å². The lowest BCUT2D eigenvalue weighted by Crippen LogP contribution is -2.46. The van der Waals surface area contributed by atoms with Gasteiger partial charge in [-0.3, -0.25) is 19.2 Å². The molecule has 0 aromatic heterocycles. The van der Waals surface area contributed by atoms with Crippen LogP contribution in [0.4, 0.5) is 15.3 Å². The van der Waals surface area contributed by atoms with Gasteiger partial charge in [0.25, 0.3) is 0 Å². The van der Waals surface area contributed by atoms with Gasteiger partial charge in [-0.15, -0.1) is 0 Å². The minimum Gasteiger partial charge on any atom is -0.481 e. The minimum atomic E-state index is -1.30. The molecule has 0 aliphatic carbocycles. The lowest BCUT2D eigenvalue weighted by Gasteiger charge is -2.14. The van der Waals surface area contributed by atoms with Crippen molar-refractivity contribution in [3.8, 4) is 0 Å². The second-order valence-corrected chi connectivity index (χ2v) is 12.2. The zero-order valence-electron chi connectivity index (χ0n) is 34.3. The first-order valence-corrected chi connectivity index (χ1v) is 19.0. The van der Waals surface area contributed by atoms with Gasteiger partial charge < -0.3 is 72.0 Å². The Morgan fingerprint density at radius 1 is 0.540 bits per heavy atom. The molecule has 26 heteroatoms. The van der Waals surface area contributed by atoms with Crippen LogP contribution in [0.1, 0.15) is 63.4 Å². The summed E-state index contributed by atoms with van der Waals surface area (Å²) in [4.78, 5) is 122. The molecule has 0 bridgehead atoms. The van der Waals surface area contributed by atoms with Gasteiger partial charge in [-0.2, -0.15) is 19.2 Å². The van der Waals surface area contributed by atoms with Crippen LogP contribution in [0.3, 0.4) is 0 Å². The van der Waals surface area contributed by atoms with E-state index in [1.807, 2.05) is 0 Å². The maximum Gasteiger partial charge on any atom is 0.373 e. The molecule has 2 unspecified atom stereocenters. The minimum absolute atomic E-state index is 0.0764. The number of hydrogen-bond acceptors (Lipinski definition) is 16. The first kappa shape index (κ1) is 60.5. The largest absolute Gasteiger partial charge is 0.481 e. The second kappa shape index (κ2) is 41.9. The predicted octanol–water partition coefficient (Wildman–Crippen LogP) is -1.69. The van der Waals surface area contributed by atoms with E-state index in [2.05, 4.69) is 31.9 Å². The Balaban J connectivity index is -0.00000102. The zero-order chi connectivity index (χ0) is 48.3. The molecule has 1 rings (SSSR count). The molecule has 0 saturated carbocycles. The molecular weight excluding hydrogens is 848 g/mol. The molecule has 1 aromatic rings. The lowest BCUT2D eigenvalue weighted by atomic mass is 10.1. The average molecular weight is 905 g/mol. The van der Waals surface area contributed by atoms with Gasteiger partial charge >= 0.3 is 48.2 Å². The van der Waals surface area contributed by atoms with Crippen molar-refractivity contribution < 1.29 is 97.6 Å². The van der Waals surface area contributed by atoms with E-state index in [4.69, 9.17) is 59.3 Å². The number of hydrogen-bond donors (Lipinski definition) is 12. The molecule has 0 aliphatic rings. The van der Waals surface area contributed by atoms with Crippen molar-refractivity contribution >= 4 is 65.7 Å². The Morgan fingerprint density at radius 2 is 0.952 bits per heavy atom. The van der Waals surface area contributed by atoms with Crippen LogP contribution in [0.15, 0.2) is 24.3 Å². The van der Waals surface area contributed by atoms with Gasteiger partial charge in [-0.05, 0) is 56.2 Å². The van der Waals surface area contributed by atoms with Crippen LogP contribution >= 0.6 is 0 Å². The summed E-state index contributed by atoms with van der Waals surface area (Å²) < 4.78 is 10.0. The smallest absolute Gasteiger partial charge is 0.373 e. The summed E-state index contributed by atoms with van der Waals surface area (Å²) in [7, 11) is 0. The summed E-state index contributed by atoms with van der Waals surface area (Å²) in [6, 6.07) is 3.11. The quantitative estimate of drug-likeness (QED) is 0.0383. The summed E-state index contributed by atoms with van der Waals surface area (Å²) >= 11 is 0. The normalized spacial score (nSPS) is 10.6. The van der Waals surface area contributed by atoms with Crippen LogP contribution in [0.5, 0.6) is 0 Å². The molecule has 0 aliphatic heterocycles. The number of aliphatic hydroxyl groups excluding tert-OH is 2. The van der Waals surface area contributed by atoms with E-state index in [1.54, 1.807) is 24.3 Å². The molecule has 2 atom stereocenters. The molecule has 0 spiro atoms. The summed E-state index contributed by atoms with van der Waals surface area (Å²) in [5.41, 5.74) is 1.50. The van der Waals surface area contributed by atoms with Crippen LogP contribution in [-0.2, 0) is 63.8 Å². The van der Waals surface area contributed by atoms with Crippen molar-refractivity contribution in [2.75, 3.05) is 64.6 Å². The van der Waals surface area contributed by atoms with E-state index in [0.29, 0.717) is 31.6 Å². The van der Waals surface area contributed by atoms with Gasteiger partial charge in [0.2, 0.25) is 11.8 Å². The van der Waals surface area contributed by atoms with E-state index in [1.165, 1.54) is 0 Å². The highest BCUT2D eigenvalue weighted by atomic mass is 16.5. The van der Waals surface area contributed by atoms with Crippen molar-refractivity contribution in [3.05, 3.63) is 29.8 Å². The highest BCUT2D eigenvalue weighted by molar-refractivity contribution is 5.90. The number of aliphatic carboxylic acids is 4. The van der Waals surface area contributed by atoms with Crippen LogP contribution in [0, 0.1) is 0 Å². The first-order valence-electron chi connectivity index (χ1n) is 19.0. The number of carbonyl (C=O) groups is 8. The average Bonchev–Trinajstić information content (AvgIpc) is 3.22. The fourth-order valence-corrected chi connectivity index (χ4v) is 4.38. The molecule has 354 valence electrons. The van der Waals surface area contributed by atoms with Gasteiger partial charge in [-0.25, -0.2) is 19.2 Å². The maximum atomic E-state index is 11.8. The van der Waals surface area contributed by atoms with E-state index in [-0.39, 0.29) is 109 Å². The third-order valence-corrected chi connectivity index (χ3v) is 7.32. The van der Waals surface area contributed by atoms with Gasteiger partial charge in [0, 0.05) is 44.6 Å². The Morgan fingerprint density at radius 3 is 1.37 bits per heavy atom. The van der Waals surface area contributed by atoms with Gasteiger partial charge in [0.15, 0.2) is 0 Å². The Hall–Kier alpha value is -6.82. The number of carboxylic acids is 4. The fourth-order valence-electron chi connectivity index (χ4n) is 4.38. The SMILES string of the molecule is O=C(O)CCC(NC(=O)NCCCCCNC(=O)CCOCCO)C(=O)O.O=C(O)CCC(NC(=O)NCCc1ccc(NC(=O)CCOCCO)cc1)C(=O)O.O=C=O.O=C=O. The number of amides is 6. The molecule has 26 nitrogen and oxygen atoms in total. The Kier molecular flexibility index (Phi) is 40.2. The number of unbranched alkanes of at least 4 members (excludes halogenated alkanes) is 2. The van der Waals surface area contributed by atoms with Crippen LogP contribution in [0.25, 0.3) is 0 Å². The van der Waals surface area contributed by atoms with Crippen molar-refractivity contribution in [1.82, 2.24) is 26.6 Å². The highest BCUT2D eigenvalue weighted by Crippen LogP contribution is 2.10. The molecule has 63 heavy (non-hydrogen) atoms. The number of urea groups is 2. The van der Waals surface area contributed by atoms with Crippen molar-refractivity contribution in [2.45, 2.75) is 76.3 Å². The van der Waals surface area contributed by atoms with Crippen LogP contribution < -0.4 is 31.9 Å². The molecule has 0 heterocycles. The van der Waals surface area contributed by atoms with Gasteiger partial charge in [0.1, 0.15) is 12.1 Å². The van der Waals surface area contributed by atoms with Gasteiger partial charge in [-0.1, -0.05) is 12.1 Å². The number of nitrogens with one attached hydrogen (secondary N) is 6. The molecule has 0 fully saturated rings. The Bertz CT molecular complexity index is 1550. The van der Waals surface area contributed by atoms with Crippen LogP contribution in [-0.4, -0.2) is 162 Å². The standard InChI is InChI=1S/C19H27N3O8.C16H29N3O8.2CO2/c23-10-12-30-11-8-16(24)21-14-3-1-13(2-4-14)7-9-20-19(29)22-15(18(27)28)5-6-17(25)26;20-9-11-27-10-6-13(21)17-7-2-1-3-8-18-16(26)19-12(15(24)25)4-5-14(22)23;2*2-1-3/h1-4,15,23H,5-12H2,(H,21,24)(H,25,26)(H,27,28)(H2,20,22,29);12,20H,1-11H2,(H,17,21)(H,22,23)(H,24,25)(H2,18,19,26);;. The number of rotatable bonds is 30. The lowest BCUT2D eigenvalue weighted by molar-refractivity contribution is -0.193. The number of benzene rings is 1. The topological polar surface area (TPSA) is 417 Å². The zero-order valence-corrected chi connectivity index (χ0v) is 34.3. The summed E-state index contributed by atoms with van der Waals surface area (Å²) in [5, 5.41) is 67.2. The molecule has 6 amide bonds. The number of ether oxygens (including phenoxy) is 2. The second-order valence-electron chi connectivity index (χ2n) is 12.2. The van der Waals surface area contributed by atoms with Gasteiger partial charge in [0.05, 0.1) is 46.1 Å². The van der Waals surface area contributed by atoms with E-state index in [9.17, 15) is 38.4 Å². The Labute approximate surface area is 360 Å². The van der Waals surface area contributed by atoms with Crippen LogP contribution in [0.2, 0.25) is 0 Å². The molecule has 0 saturated heterocycles. The molecule has 0 radical (unpaired) electrons. The number of aliphatic hydroxyl groups is 2. The first-order chi connectivity index (χ1) is 30.0. The fraction of sp³-hybridized carbons (Fsp3) is 0.568. The summed E-state index contributed by atoms with van der Waals surface area (Å²) in [6.45, 7) is 1.78. The predicted molar refractivity (Wildman–Crippen MR) is 210 cm³/mol. The van der Waals surface area contributed by atoms with E-state index < -0.39 is 48.0 Å². The third-order valence-electron chi connectivity index (χ3n) is 7.32. The maximum absolute atomic E-state index is 11.8. The summed E-state index contributed by atoms with van der Waals surface area (Å²) in [5.74, 6) is -5.21.